The molecule has 1 atom stereocenters. The zero-order valence-corrected chi connectivity index (χ0v) is 16.0. The Balaban J connectivity index is 1.48. The van der Waals surface area contributed by atoms with Crippen molar-refractivity contribution in [2.75, 3.05) is 25.4 Å². The van der Waals surface area contributed by atoms with Crippen molar-refractivity contribution in [3.8, 4) is 6.01 Å². The van der Waals surface area contributed by atoms with Crippen molar-refractivity contribution in [3.63, 3.8) is 0 Å². The molecule has 1 spiro atoms. The number of rotatable bonds is 4. The van der Waals surface area contributed by atoms with Gasteiger partial charge < -0.3 is 14.6 Å². The summed E-state index contributed by atoms with van der Waals surface area (Å²) in [6, 6.07) is 2.01. The van der Waals surface area contributed by atoms with E-state index in [-0.39, 0.29) is 43.3 Å². The summed E-state index contributed by atoms with van der Waals surface area (Å²) in [6.45, 7) is 4.15. The van der Waals surface area contributed by atoms with E-state index in [4.69, 9.17) is 4.74 Å². The summed E-state index contributed by atoms with van der Waals surface area (Å²) in [4.78, 5) is 29.3. The van der Waals surface area contributed by atoms with Crippen LogP contribution in [0.5, 0.6) is 6.01 Å². The number of amides is 1. The molecule has 0 aromatic carbocycles. The first kappa shape index (κ1) is 17.9. The fourth-order valence-electron chi connectivity index (χ4n) is 3.85. The number of nitrogens with one attached hydrogen (secondary N) is 1. The SMILES string of the molecule is Cc1ccnc(OC[C@@H]2CCS(=O)(=O)C23CN(C(=O)c2nc[nH]c2C)C3)n1. The molecule has 2 aromatic heterocycles. The van der Waals surface area contributed by atoms with E-state index in [0.717, 1.165) is 5.69 Å². The molecule has 0 saturated carbocycles. The second-order valence-corrected chi connectivity index (χ2v) is 9.65. The smallest absolute Gasteiger partial charge is 0.316 e. The average molecular weight is 391 g/mol. The first-order valence-corrected chi connectivity index (χ1v) is 10.4. The van der Waals surface area contributed by atoms with Gasteiger partial charge >= 0.3 is 6.01 Å². The Morgan fingerprint density at radius 3 is 2.81 bits per heavy atom. The maximum atomic E-state index is 12.7. The lowest BCUT2D eigenvalue weighted by Gasteiger charge is -2.49. The number of hydrogen-bond donors (Lipinski definition) is 1. The lowest BCUT2D eigenvalue weighted by atomic mass is 9.83. The molecular formula is C17H21N5O4S. The highest BCUT2D eigenvalue weighted by atomic mass is 32.2. The predicted molar refractivity (Wildman–Crippen MR) is 96.1 cm³/mol. The maximum absolute atomic E-state index is 12.7. The van der Waals surface area contributed by atoms with Crippen molar-refractivity contribution < 1.29 is 17.9 Å². The first-order chi connectivity index (χ1) is 12.8. The Bertz CT molecular complexity index is 981. The van der Waals surface area contributed by atoms with Crippen LogP contribution in [-0.2, 0) is 9.84 Å². The zero-order chi connectivity index (χ0) is 19.2. The van der Waals surface area contributed by atoms with Crippen molar-refractivity contribution in [2.45, 2.75) is 25.0 Å². The van der Waals surface area contributed by atoms with E-state index in [2.05, 4.69) is 19.9 Å². The van der Waals surface area contributed by atoms with E-state index in [1.165, 1.54) is 6.33 Å². The minimum atomic E-state index is -3.30. The molecule has 144 valence electrons. The van der Waals surface area contributed by atoms with Crippen LogP contribution in [-0.4, -0.2) is 69.4 Å². The topological polar surface area (TPSA) is 118 Å². The summed E-state index contributed by atoms with van der Waals surface area (Å²) in [5.41, 5.74) is 1.79. The number of nitrogens with zero attached hydrogens (tertiary/aromatic N) is 4. The lowest BCUT2D eigenvalue weighted by Crippen LogP contribution is -2.69. The summed E-state index contributed by atoms with van der Waals surface area (Å²) < 4.78 is 30.2. The molecule has 0 radical (unpaired) electrons. The fraction of sp³-hybridized carbons (Fsp3) is 0.529. The van der Waals surface area contributed by atoms with Crippen molar-refractivity contribution in [2.24, 2.45) is 5.92 Å². The molecule has 9 nitrogen and oxygen atoms in total. The predicted octanol–water partition coefficient (Wildman–Crippen LogP) is 0.525. The number of H-pyrrole nitrogens is 1. The Hall–Kier alpha value is -2.49. The second kappa shape index (κ2) is 6.29. The summed E-state index contributed by atoms with van der Waals surface area (Å²) in [5.74, 6) is -0.335. The van der Waals surface area contributed by atoms with Gasteiger partial charge in [0, 0.05) is 36.6 Å². The monoisotopic (exact) mass is 391 g/mol. The highest BCUT2D eigenvalue weighted by Gasteiger charge is 2.63. The quantitative estimate of drug-likeness (QED) is 0.807. The number of hydrogen-bond acceptors (Lipinski definition) is 7. The van der Waals surface area contributed by atoms with E-state index in [9.17, 15) is 13.2 Å². The van der Waals surface area contributed by atoms with Crippen LogP contribution in [0.2, 0.25) is 0 Å². The van der Waals surface area contributed by atoms with Gasteiger partial charge in [-0.15, -0.1) is 0 Å². The van der Waals surface area contributed by atoms with Gasteiger partial charge in [-0.2, -0.15) is 0 Å². The van der Waals surface area contributed by atoms with E-state index in [1.807, 2.05) is 6.92 Å². The number of carbonyl (C=O) groups is 1. The highest BCUT2D eigenvalue weighted by molar-refractivity contribution is 7.93. The molecule has 2 fully saturated rings. The van der Waals surface area contributed by atoms with E-state index in [0.29, 0.717) is 17.8 Å². The molecule has 2 saturated heterocycles. The van der Waals surface area contributed by atoms with Crippen molar-refractivity contribution in [3.05, 3.63) is 35.7 Å². The highest BCUT2D eigenvalue weighted by Crippen LogP contribution is 2.45. The van der Waals surface area contributed by atoms with Crippen LogP contribution in [0.1, 0.15) is 28.3 Å². The molecule has 0 aliphatic carbocycles. The van der Waals surface area contributed by atoms with E-state index >= 15 is 0 Å². The van der Waals surface area contributed by atoms with Gasteiger partial charge in [0.25, 0.3) is 5.91 Å². The molecule has 27 heavy (non-hydrogen) atoms. The van der Waals surface area contributed by atoms with Crippen LogP contribution in [0.4, 0.5) is 0 Å². The Morgan fingerprint density at radius 2 is 2.15 bits per heavy atom. The van der Waals surface area contributed by atoms with Gasteiger partial charge in [0.15, 0.2) is 9.84 Å². The number of sulfone groups is 1. The maximum Gasteiger partial charge on any atom is 0.316 e. The van der Waals surface area contributed by atoms with Crippen molar-refractivity contribution >= 4 is 15.7 Å². The third-order valence-corrected chi connectivity index (χ3v) is 8.12. The number of aryl methyl sites for hydroxylation is 2. The number of ether oxygens (including phenoxy) is 1. The molecule has 2 aromatic rings. The van der Waals surface area contributed by atoms with E-state index < -0.39 is 14.6 Å². The Morgan fingerprint density at radius 1 is 1.37 bits per heavy atom. The normalized spacial score (nSPS) is 22.6. The van der Waals surface area contributed by atoms with Crippen LogP contribution >= 0.6 is 0 Å². The van der Waals surface area contributed by atoms with Gasteiger partial charge in [0.1, 0.15) is 10.4 Å². The standard InChI is InChI=1S/C17H21N5O4S/c1-11-3-5-18-16(21-11)26-7-13-4-6-27(24,25)17(13)8-22(9-17)15(23)14-12(2)19-10-20-14/h3,5,10,13H,4,6-9H2,1-2H3,(H,19,20)/t13-/m0/s1. The van der Waals surface area contributed by atoms with Gasteiger partial charge in [-0.05, 0) is 26.3 Å². The molecule has 1 N–H and O–H groups in total. The third kappa shape index (κ3) is 2.88. The van der Waals surface area contributed by atoms with Crippen LogP contribution in [0, 0.1) is 19.8 Å². The molecule has 4 heterocycles. The Kier molecular flexibility index (Phi) is 4.17. The first-order valence-electron chi connectivity index (χ1n) is 8.76. The molecule has 2 aliphatic rings. The van der Waals surface area contributed by atoms with E-state index in [1.54, 1.807) is 24.1 Å². The van der Waals surface area contributed by atoms with Crippen LogP contribution < -0.4 is 4.74 Å². The summed E-state index contributed by atoms with van der Waals surface area (Å²) in [6.07, 6.45) is 3.58. The average Bonchev–Trinajstić information content (AvgIpc) is 3.11. The van der Waals surface area contributed by atoms with Gasteiger partial charge in [-0.3, -0.25) is 4.79 Å². The minimum absolute atomic E-state index is 0.110. The van der Waals surface area contributed by atoms with Crippen LogP contribution in [0.3, 0.4) is 0 Å². The number of carbonyl (C=O) groups excluding carboxylic acids is 1. The molecular weight excluding hydrogens is 370 g/mol. The van der Waals surface area contributed by atoms with Crippen molar-refractivity contribution in [1.82, 2.24) is 24.8 Å². The molecule has 2 aliphatic heterocycles. The lowest BCUT2D eigenvalue weighted by molar-refractivity contribution is 0.0398. The van der Waals surface area contributed by atoms with Crippen LogP contribution in [0.15, 0.2) is 18.6 Å². The molecule has 4 rings (SSSR count). The van der Waals surface area contributed by atoms with Gasteiger partial charge in [0.05, 0.1) is 18.7 Å². The number of likely N-dealkylation sites (tertiary alicyclic amines) is 1. The largest absolute Gasteiger partial charge is 0.463 e. The number of aromatic amines is 1. The summed E-state index contributed by atoms with van der Waals surface area (Å²) >= 11 is 0. The van der Waals surface area contributed by atoms with Gasteiger partial charge in [-0.1, -0.05) is 0 Å². The fourth-order valence-corrected chi connectivity index (χ4v) is 6.25. The zero-order valence-electron chi connectivity index (χ0n) is 15.2. The molecule has 1 amide bonds. The summed E-state index contributed by atoms with van der Waals surface area (Å²) in [7, 11) is -3.30. The number of imidazole rings is 1. The third-order valence-electron chi connectivity index (χ3n) is 5.52. The second-order valence-electron chi connectivity index (χ2n) is 7.20. The number of aromatic nitrogens is 4. The molecule has 10 heteroatoms. The Labute approximate surface area is 157 Å². The minimum Gasteiger partial charge on any atom is -0.463 e. The van der Waals surface area contributed by atoms with Gasteiger partial charge in [0.2, 0.25) is 0 Å². The molecule has 0 unspecified atom stereocenters. The van der Waals surface area contributed by atoms with Crippen LogP contribution in [0.25, 0.3) is 0 Å². The summed E-state index contributed by atoms with van der Waals surface area (Å²) in [5, 5.41) is 0. The van der Waals surface area contributed by atoms with Crippen molar-refractivity contribution in [1.29, 1.82) is 0 Å². The van der Waals surface area contributed by atoms with Gasteiger partial charge in [-0.25, -0.2) is 23.4 Å². The molecule has 0 bridgehead atoms.